The molecule has 0 aromatic rings. The minimum atomic E-state index is -4.90. The zero-order valence-electron chi connectivity index (χ0n) is 37.9. The molecule has 0 radical (unpaired) electrons. The molecule has 0 aromatic heterocycles. The smallest absolute Gasteiger partial charge is 0.462 e. The minimum Gasteiger partial charge on any atom is -0.462 e. The summed E-state index contributed by atoms with van der Waals surface area (Å²) in [7, 11) is -9.77. The molecule has 0 rings (SSSR count). The lowest BCUT2D eigenvalue weighted by Crippen LogP contribution is -2.29. The standard InChI is InChI=1S/C48H76O14P2/c1-3-5-7-9-11-13-15-17-18-19-20-22-24-26-28-30-34-38-47(51)58-42-46(43-61-64(56,57)60-41-45(50)40-59-63(53,54)55)62-48(52)39-35-31-33-37-44(49)36-32-29-27-25-23-21-16-14-12-10-8-6-4-2/h6,8,11-14,17-18,20-23,26-29,31-33,36,44-46,49-50H,3-5,7,9-10,15-16,19,24-25,30,34-35,37-43H2,1-2H3,(H,56,57)(H2,53,54,55)/b8-6-,13-11-,14-12-,18-17-,22-20-,23-21-,28-26-,29-27-,33-31-,36-32-/t44?,45-,46+/m0/s1. The van der Waals surface area contributed by atoms with E-state index in [-0.39, 0.29) is 19.3 Å². The van der Waals surface area contributed by atoms with Gasteiger partial charge in [-0.15, -0.1) is 0 Å². The first-order chi connectivity index (χ1) is 30.8. The van der Waals surface area contributed by atoms with Crippen LogP contribution in [0.25, 0.3) is 0 Å². The summed E-state index contributed by atoms with van der Waals surface area (Å²) >= 11 is 0. The van der Waals surface area contributed by atoms with Crippen molar-refractivity contribution in [1.82, 2.24) is 0 Å². The number of esters is 2. The number of rotatable bonds is 40. The average molecular weight is 939 g/mol. The van der Waals surface area contributed by atoms with Gasteiger partial charge in [0.05, 0.1) is 25.9 Å². The first-order valence-corrected chi connectivity index (χ1v) is 25.4. The van der Waals surface area contributed by atoms with E-state index in [9.17, 15) is 33.8 Å². The molecule has 0 spiro atoms. The maximum Gasteiger partial charge on any atom is 0.472 e. The lowest BCUT2D eigenvalue weighted by Gasteiger charge is -2.20. The highest BCUT2D eigenvalue weighted by Crippen LogP contribution is 2.43. The number of carbonyl (C=O) groups excluding carboxylic acids is 2. The number of phosphoric ester groups is 2. The van der Waals surface area contributed by atoms with Crippen molar-refractivity contribution in [3.8, 4) is 0 Å². The number of hydrogen-bond acceptors (Lipinski definition) is 11. The zero-order chi connectivity index (χ0) is 47.4. The second-order valence-corrected chi connectivity index (χ2v) is 17.1. The first kappa shape index (κ1) is 60.5. The number of hydrogen-bond donors (Lipinski definition) is 5. The molecule has 2 unspecified atom stereocenters. The summed E-state index contributed by atoms with van der Waals surface area (Å²) in [6.07, 6.45) is 49.4. The van der Waals surface area contributed by atoms with Gasteiger partial charge in [-0.2, -0.15) is 0 Å². The molecule has 0 bridgehead atoms. The van der Waals surface area contributed by atoms with Crippen LogP contribution in [0.4, 0.5) is 0 Å². The summed E-state index contributed by atoms with van der Waals surface area (Å²) in [5.41, 5.74) is 0. The molecule has 0 saturated carbocycles. The Labute approximate surface area is 382 Å². The Hall–Kier alpha value is -3.52. The van der Waals surface area contributed by atoms with Crippen LogP contribution >= 0.6 is 15.6 Å². The van der Waals surface area contributed by atoms with Gasteiger partial charge in [0.1, 0.15) is 12.7 Å². The maximum absolute atomic E-state index is 12.7. The first-order valence-electron chi connectivity index (χ1n) is 22.3. The van der Waals surface area contributed by atoms with E-state index in [0.717, 1.165) is 51.4 Å². The zero-order valence-corrected chi connectivity index (χ0v) is 39.7. The third-order valence-electron chi connectivity index (χ3n) is 8.42. The molecule has 14 nitrogen and oxygen atoms in total. The molecule has 16 heteroatoms. The van der Waals surface area contributed by atoms with Crippen molar-refractivity contribution in [2.24, 2.45) is 0 Å². The molecule has 4 atom stereocenters. The van der Waals surface area contributed by atoms with Crippen LogP contribution in [-0.2, 0) is 41.8 Å². The predicted octanol–water partition coefficient (Wildman–Crippen LogP) is 10.6. The van der Waals surface area contributed by atoms with Crippen molar-refractivity contribution in [1.29, 1.82) is 0 Å². The normalized spacial score (nSPS) is 15.5. The van der Waals surface area contributed by atoms with Crippen LogP contribution in [0.2, 0.25) is 0 Å². The van der Waals surface area contributed by atoms with Crippen LogP contribution in [0.15, 0.2) is 122 Å². The van der Waals surface area contributed by atoms with Crippen LogP contribution in [0.5, 0.6) is 0 Å². The van der Waals surface area contributed by atoms with E-state index in [0.29, 0.717) is 19.3 Å². The largest absolute Gasteiger partial charge is 0.472 e. The fourth-order valence-electron chi connectivity index (χ4n) is 5.04. The molecule has 64 heavy (non-hydrogen) atoms. The van der Waals surface area contributed by atoms with Gasteiger partial charge in [0.15, 0.2) is 6.10 Å². The highest BCUT2D eigenvalue weighted by atomic mass is 31.2. The van der Waals surface area contributed by atoms with Crippen molar-refractivity contribution < 1.29 is 66.7 Å². The molecule has 0 saturated heterocycles. The van der Waals surface area contributed by atoms with Gasteiger partial charge < -0.3 is 34.4 Å². The monoisotopic (exact) mass is 938 g/mol. The van der Waals surface area contributed by atoms with Gasteiger partial charge in [-0.1, -0.05) is 148 Å². The summed E-state index contributed by atoms with van der Waals surface area (Å²) in [5.74, 6) is -1.29. The molecule has 0 aliphatic rings. The van der Waals surface area contributed by atoms with Gasteiger partial charge in [-0.25, -0.2) is 9.13 Å². The Bertz CT molecular complexity index is 1600. The van der Waals surface area contributed by atoms with Crippen molar-refractivity contribution in [3.63, 3.8) is 0 Å². The van der Waals surface area contributed by atoms with Crippen LogP contribution in [0, 0.1) is 0 Å². The Morgan fingerprint density at radius 1 is 0.531 bits per heavy atom. The summed E-state index contributed by atoms with van der Waals surface area (Å²) in [6, 6.07) is 0. The molecule has 0 aliphatic carbocycles. The van der Waals surface area contributed by atoms with E-state index in [4.69, 9.17) is 23.8 Å². The highest BCUT2D eigenvalue weighted by molar-refractivity contribution is 7.47. The molecular weight excluding hydrogens is 862 g/mol. The van der Waals surface area contributed by atoms with Gasteiger partial charge in [0, 0.05) is 12.8 Å². The number of unbranched alkanes of at least 4 members (excludes halogenated alkanes) is 4. The molecule has 0 heterocycles. The summed E-state index contributed by atoms with van der Waals surface area (Å²) < 4.78 is 47.6. The lowest BCUT2D eigenvalue weighted by atomic mass is 10.2. The van der Waals surface area contributed by atoms with Crippen LogP contribution in [0.3, 0.4) is 0 Å². The second-order valence-electron chi connectivity index (χ2n) is 14.4. The summed E-state index contributed by atoms with van der Waals surface area (Å²) in [6.45, 7) is 1.33. The van der Waals surface area contributed by atoms with Crippen LogP contribution in [0.1, 0.15) is 123 Å². The molecule has 5 N–H and O–H groups in total. The fraction of sp³-hybridized carbons (Fsp3) is 0.542. The minimum absolute atomic E-state index is 0.0744. The van der Waals surface area contributed by atoms with Gasteiger partial charge in [0.25, 0.3) is 0 Å². The van der Waals surface area contributed by atoms with E-state index in [2.05, 4.69) is 95.8 Å². The second kappa shape index (κ2) is 42.1. The highest BCUT2D eigenvalue weighted by Gasteiger charge is 2.28. The number of aliphatic hydroxyl groups is 2. The van der Waals surface area contributed by atoms with Crippen molar-refractivity contribution >= 4 is 27.6 Å². The van der Waals surface area contributed by atoms with Gasteiger partial charge >= 0.3 is 27.6 Å². The third kappa shape index (κ3) is 45.1. The Balaban J connectivity index is 4.83. The molecule has 0 amide bonds. The van der Waals surface area contributed by atoms with E-state index in [1.165, 1.54) is 19.3 Å². The van der Waals surface area contributed by atoms with Gasteiger partial charge in [0.2, 0.25) is 0 Å². The van der Waals surface area contributed by atoms with E-state index in [1.54, 1.807) is 24.3 Å². The van der Waals surface area contributed by atoms with Crippen molar-refractivity contribution in [2.75, 3.05) is 26.4 Å². The molecule has 0 aliphatic heterocycles. The van der Waals surface area contributed by atoms with Crippen molar-refractivity contribution in [3.05, 3.63) is 122 Å². The molecule has 0 aromatic carbocycles. The number of phosphoric acid groups is 2. The third-order valence-corrected chi connectivity index (χ3v) is 9.85. The molecular formula is C48H76O14P2. The molecule has 362 valence electrons. The summed E-state index contributed by atoms with van der Waals surface area (Å²) in [5, 5.41) is 20.0. The van der Waals surface area contributed by atoms with E-state index >= 15 is 0 Å². The van der Waals surface area contributed by atoms with Gasteiger partial charge in [-0.3, -0.25) is 23.2 Å². The Morgan fingerprint density at radius 2 is 1.05 bits per heavy atom. The number of ether oxygens (including phenoxy) is 2. The summed E-state index contributed by atoms with van der Waals surface area (Å²) in [4.78, 5) is 52.7. The Kier molecular flexibility index (Phi) is 39.8. The SMILES string of the molecule is CC/C=C\C/C=C\C/C=C\C/C=C\C=C/C(O)C/C=C\CCC(=O)O[C@H](COC(=O)CCC/C=C\C/C=C\C/C=C\C/C=C\CCCCC)COP(=O)(O)OC[C@@H](O)COP(=O)(O)O. The number of allylic oxidation sites excluding steroid dienone is 18. The van der Waals surface area contributed by atoms with Crippen molar-refractivity contribution in [2.45, 2.75) is 141 Å². The topological polar surface area (TPSA) is 216 Å². The van der Waals surface area contributed by atoms with Crippen LogP contribution < -0.4 is 0 Å². The number of aliphatic hydroxyl groups excluding tert-OH is 2. The fourth-order valence-corrected chi connectivity index (χ4v) is 6.19. The molecule has 0 fully saturated rings. The quantitative estimate of drug-likeness (QED) is 0.0127. The van der Waals surface area contributed by atoms with E-state index < -0.39 is 72.3 Å². The van der Waals surface area contributed by atoms with Crippen LogP contribution in [-0.4, -0.2) is 81.6 Å². The lowest BCUT2D eigenvalue weighted by molar-refractivity contribution is -0.161. The van der Waals surface area contributed by atoms with Gasteiger partial charge in [-0.05, 0) is 83.5 Å². The maximum atomic E-state index is 12.7. The Morgan fingerprint density at radius 3 is 1.62 bits per heavy atom. The average Bonchev–Trinajstić information content (AvgIpc) is 3.25. The predicted molar refractivity (Wildman–Crippen MR) is 254 cm³/mol. The van der Waals surface area contributed by atoms with E-state index in [1.807, 2.05) is 24.3 Å². The number of carbonyl (C=O) groups is 2.